The van der Waals surface area contributed by atoms with Crippen molar-refractivity contribution in [1.29, 1.82) is 0 Å². The lowest BCUT2D eigenvalue weighted by Gasteiger charge is -2.26. The molecule has 0 aromatic heterocycles. The second-order valence-corrected chi connectivity index (χ2v) is 9.14. The second-order valence-electron chi connectivity index (χ2n) is 7.05. The van der Waals surface area contributed by atoms with Gasteiger partial charge in [0.25, 0.3) is 0 Å². The number of Topliss-reactive ketones (excluding diaryl/α,β-unsaturated/α-hetero) is 1. The highest BCUT2D eigenvalue weighted by atomic mass is 79.9. The third-order valence-corrected chi connectivity index (χ3v) is 5.94. The molecule has 7 nitrogen and oxygen atoms in total. The molecule has 2 aromatic carbocycles. The van der Waals surface area contributed by atoms with E-state index < -0.39 is 18.2 Å². The van der Waals surface area contributed by atoms with Gasteiger partial charge < -0.3 is 14.6 Å². The van der Waals surface area contributed by atoms with Gasteiger partial charge in [0, 0.05) is 27.2 Å². The normalized spacial score (nSPS) is 12.5. The molecule has 172 valence electrons. The number of halogens is 2. The van der Waals surface area contributed by atoms with Gasteiger partial charge in [-0.05, 0) is 65.7 Å². The van der Waals surface area contributed by atoms with Crippen molar-refractivity contribution in [2.24, 2.45) is 5.92 Å². The van der Waals surface area contributed by atoms with Crippen LogP contribution >= 0.6 is 44.5 Å². The first-order chi connectivity index (χ1) is 15.1. The molecule has 0 radical (unpaired) electrons. The molecule has 0 saturated heterocycles. The molecule has 2 N–H and O–H groups in total. The summed E-state index contributed by atoms with van der Waals surface area (Å²) in [6.07, 6.45) is -1.19. The molecule has 2 atom stereocenters. The summed E-state index contributed by atoms with van der Waals surface area (Å²) in [4.78, 5) is 35.4. The SMILES string of the molecule is CC(=O)c1ccc(NC(=O)O[C@H](c2cc(Br)cc(Br)c2O)[C@@H](C)CCOC(=O)CS)cc1. The van der Waals surface area contributed by atoms with Crippen molar-refractivity contribution in [3.8, 4) is 5.75 Å². The quantitative estimate of drug-likeness (QED) is 0.191. The van der Waals surface area contributed by atoms with E-state index in [1.165, 1.54) is 6.92 Å². The first-order valence-corrected chi connectivity index (χ1v) is 11.9. The minimum atomic E-state index is -0.838. The number of carbonyl (C=O) groups excluding carboxylic acids is 3. The zero-order chi connectivity index (χ0) is 23.8. The maximum Gasteiger partial charge on any atom is 0.412 e. The molecule has 0 heterocycles. The van der Waals surface area contributed by atoms with Gasteiger partial charge in [-0.15, -0.1) is 0 Å². The summed E-state index contributed by atoms with van der Waals surface area (Å²) in [5.41, 5.74) is 1.37. The Morgan fingerprint density at radius 1 is 1.16 bits per heavy atom. The summed E-state index contributed by atoms with van der Waals surface area (Å²) in [5.74, 6) is -0.921. The van der Waals surface area contributed by atoms with Crippen molar-refractivity contribution < 1.29 is 29.0 Å². The second kappa shape index (κ2) is 12.3. The van der Waals surface area contributed by atoms with Crippen LogP contribution in [0, 0.1) is 5.92 Å². The Bertz CT molecular complexity index is 983. The molecule has 0 fully saturated rings. The summed E-state index contributed by atoms with van der Waals surface area (Å²) in [5, 5.41) is 13.2. The van der Waals surface area contributed by atoms with Gasteiger partial charge in [0.05, 0.1) is 16.8 Å². The van der Waals surface area contributed by atoms with Crippen molar-refractivity contribution in [3.63, 3.8) is 0 Å². The first-order valence-electron chi connectivity index (χ1n) is 9.65. The highest BCUT2D eigenvalue weighted by molar-refractivity contribution is 9.11. The number of carbonyl (C=O) groups is 3. The monoisotopic (exact) mass is 587 g/mol. The van der Waals surface area contributed by atoms with Gasteiger partial charge in [-0.25, -0.2) is 4.79 Å². The van der Waals surface area contributed by atoms with Crippen molar-refractivity contribution in [2.75, 3.05) is 17.7 Å². The van der Waals surface area contributed by atoms with Gasteiger partial charge in [-0.2, -0.15) is 12.6 Å². The van der Waals surface area contributed by atoms with Crippen molar-refractivity contribution in [1.82, 2.24) is 0 Å². The Hall–Kier alpha value is -2.04. The molecule has 10 heteroatoms. The lowest BCUT2D eigenvalue weighted by atomic mass is 9.94. The van der Waals surface area contributed by atoms with Gasteiger partial charge in [-0.3, -0.25) is 14.9 Å². The molecule has 2 rings (SSSR count). The number of ether oxygens (including phenoxy) is 2. The van der Waals surface area contributed by atoms with Crippen LogP contribution in [0.4, 0.5) is 10.5 Å². The van der Waals surface area contributed by atoms with E-state index in [1.807, 2.05) is 6.92 Å². The highest BCUT2D eigenvalue weighted by Crippen LogP contribution is 2.40. The van der Waals surface area contributed by atoms with Gasteiger partial charge in [0.2, 0.25) is 0 Å². The molecule has 0 saturated carbocycles. The molecular weight excluding hydrogens is 566 g/mol. The van der Waals surface area contributed by atoms with Gasteiger partial charge in [-0.1, -0.05) is 22.9 Å². The predicted octanol–water partition coefficient (Wildman–Crippen LogP) is 5.91. The fourth-order valence-electron chi connectivity index (χ4n) is 2.90. The van der Waals surface area contributed by atoms with E-state index in [1.54, 1.807) is 36.4 Å². The summed E-state index contributed by atoms with van der Waals surface area (Å²) in [7, 11) is 0. The number of thiol groups is 1. The molecule has 0 aliphatic carbocycles. The zero-order valence-electron chi connectivity index (χ0n) is 17.4. The number of benzene rings is 2. The average molecular weight is 589 g/mol. The van der Waals surface area contributed by atoms with E-state index in [0.717, 1.165) is 0 Å². The van der Waals surface area contributed by atoms with Crippen LogP contribution in [0.15, 0.2) is 45.3 Å². The Morgan fingerprint density at radius 2 is 1.81 bits per heavy atom. The van der Waals surface area contributed by atoms with Crippen LogP contribution in [0.1, 0.15) is 42.3 Å². The fraction of sp³-hybridized carbons (Fsp3) is 0.318. The molecule has 2 aromatic rings. The van der Waals surface area contributed by atoms with Crippen LogP contribution in [0.2, 0.25) is 0 Å². The summed E-state index contributed by atoms with van der Waals surface area (Å²) >= 11 is 10.5. The van der Waals surface area contributed by atoms with Crippen LogP contribution in [-0.4, -0.2) is 35.3 Å². The lowest BCUT2D eigenvalue weighted by Crippen LogP contribution is -2.23. The predicted molar refractivity (Wildman–Crippen MR) is 131 cm³/mol. The van der Waals surface area contributed by atoms with Crippen LogP contribution < -0.4 is 5.32 Å². The number of esters is 1. The summed E-state index contributed by atoms with van der Waals surface area (Å²) in [6, 6.07) is 9.73. The Kier molecular flexibility index (Phi) is 10.0. The maximum atomic E-state index is 12.6. The smallest absolute Gasteiger partial charge is 0.412 e. The van der Waals surface area contributed by atoms with E-state index in [2.05, 4.69) is 49.8 Å². The molecule has 0 aliphatic heterocycles. The molecule has 0 bridgehead atoms. The number of aromatic hydroxyl groups is 1. The molecular formula is C22H23Br2NO6S. The van der Waals surface area contributed by atoms with E-state index in [4.69, 9.17) is 9.47 Å². The Morgan fingerprint density at radius 3 is 2.41 bits per heavy atom. The molecule has 0 spiro atoms. The summed E-state index contributed by atoms with van der Waals surface area (Å²) < 4.78 is 11.9. The number of amides is 1. The van der Waals surface area contributed by atoms with E-state index in [9.17, 15) is 19.5 Å². The number of phenols is 1. The molecule has 32 heavy (non-hydrogen) atoms. The third-order valence-electron chi connectivity index (χ3n) is 4.62. The van der Waals surface area contributed by atoms with Gasteiger partial charge in [0.15, 0.2) is 5.78 Å². The van der Waals surface area contributed by atoms with Crippen LogP contribution in [0.25, 0.3) is 0 Å². The maximum absolute atomic E-state index is 12.6. The third kappa shape index (κ3) is 7.53. The fourth-order valence-corrected chi connectivity index (χ4v) is 4.25. The lowest BCUT2D eigenvalue weighted by molar-refractivity contribution is -0.141. The van der Waals surface area contributed by atoms with E-state index in [0.29, 0.717) is 32.2 Å². The largest absolute Gasteiger partial charge is 0.506 e. The Balaban J connectivity index is 2.21. The highest BCUT2D eigenvalue weighted by Gasteiger charge is 2.28. The van der Waals surface area contributed by atoms with Crippen LogP contribution in [0.5, 0.6) is 5.75 Å². The van der Waals surface area contributed by atoms with Crippen LogP contribution in [0.3, 0.4) is 0 Å². The molecule has 1 amide bonds. The number of ketones is 1. The Labute approximate surface area is 208 Å². The topological polar surface area (TPSA) is 102 Å². The van der Waals surface area contributed by atoms with Crippen molar-refractivity contribution >= 4 is 68.0 Å². The number of rotatable bonds is 9. The number of anilines is 1. The summed E-state index contributed by atoms with van der Waals surface area (Å²) in [6.45, 7) is 3.39. The molecule has 0 unspecified atom stereocenters. The molecule has 0 aliphatic rings. The number of hydrogen-bond donors (Lipinski definition) is 3. The minimum Gasteiger partial charge on any atom is -0.506 e. The van der Waals surface area contributed by atoms with Crippen molar-refractivity contribution in [2.45, 2.75) is 26.4 Å². The minimum absolute atomic E-state index is 0.0293. The van der Waals surface area contributed by atoms with Crippen molar-refractivity contribution in [3.05, 3.63) is 56.5 Å². The van der Waals surface area contributed by atoms with Gasteiger partial charge in [0.1, 0.15) is 11.9 Å². The van der Waals surface area contributed by atoms with Gasteiger partial charge >= 0.3 is 12.1 Å². The number of phenolic OH excluding ortho intramolecular Hbond substituents is 1. The number of nitrogens with one attached hydrogen (secondary N) is 1. The van der Waals surface area contributed by atoms with E-state index >= 15 is 0 Å². The zero-order valence-corrected chi connectivity index (χ0v) is 21.5. The van der Waals surface area contributed by atoms with E-state index in [-0.39, 0.29) is 29.8 Å². The number of hydrogen-bond acceptors (Lipinski definition) is 7. The van der Waals surface area contributed by atoms with Crippen LogP contribution in [-0.2, 0) is 14.3 Å². The average Bonchev–Trinajstić information content (AvgIpc) is 2.74. The first kappa shape index (κ1) is 26.2. The standard InChI is InChI=1S/C22H23Br2NO6S/c1-12(7-8-30-19(27)11-32)21(17-9-15(23)10-18(24)20(17)28)31-22(29)25-16-5-3-14(4-6-16)13(2)26/h3-6,9-10,12,21,28,32H,7-8,11H2,1-2H3,(H,25,29)/t12-,21-/m0/s1.